The normalized spacial score (nSPS) is 11.2. The predicted octanol–water partition coefficient (Wildman–Crippen LogP) is 5.43. The van der Waals surface area contributed by atoms with E-state index in [1.54, 1.807) is 10.9 Å². The summed E-state index contributed by atoms with van der Waals surface area (Å²) in [5.74, 6) is 0.634. The molecule has 0 aliphatic rings. The number of hydrogen-bond donors (Lipinski definition) is 1. The van der Waals surface area contributed by atoms with E-state index in [4.69, 9.17) is 0 Å². The summed E-state index contributed by atoms with van der Waals surface area (Å²) in [6, 6.07) is 15.8. The maximum atomic E-state index is 12.4. The lowest BCUT2D eigenvalue weighted by Crippen LogP contribution is -2.14. The number of hydrogen-bond acceptors (Lipinski definition) is 5. The third kappa shape index (κ3) is 4.55. The van der Waals surface area contributed by atoms with Gasteiger partial charge in [-0.05, 0) is 47.9 Å². The first-order valence-electron chi connectivity index (χ1n) is 9.48. The van der Waals surface area contributed by atoms with Crippen LogP contribution < -0.4 is 5.32 Å². The molecule has 4 aromatic rings. The Labute approximate surface area is 187 Å². The topological polar surface area (TPSA) is 72.7 Å². The molecule has 0 bridgehead atoms. The number of fused-ring (bicyclic) bond motifs is 1. The fourth-order valence-electron chi connectivity index (χ4n) is 2.99. The van der Waals surface area contributed by atoms with Gasteiger partial charge in [-0.3, -0.25) is 4.79 Å². The molecule has 0 saturated heterocycles. The number of halogens is 1. The van der Waals surface area contributed by atoms with Gasteiger partial charge < -0.3 is 5.32 Å². The zero-order chi connectivity index (χ0) is 21.1. The highest BCUT2D eigenvalue weighted by Gasteiger charge is 2.13. The van der Waals surface area contributed by atoms with Crippen molar-refractivity contribution in [1.29, 1.82) is 0 Å². The molecule has 0 atom stereocenters. The standard InChI is InChI=1S/C22H20BrN5OS/c1-14(2)15-3-7-17(8-4-15)27-20(29)12-30-22-19-11-26-28(21(19)24-13-25-22)18-9-5-16(23)6-10-18/h3-11,13-14H,12H2,1-2H3,(H,27,29). The zero-order valence-electron chi connectivity index (χ0n) is 16.5. The molecule has 2 aromatic carbocycles. The Hall–Kier alpha value is -2.71. The molecule has 0 spiro atoms. The van der Waals surface area contributed by atoms with E-state index in [1.807, 2.05) is 48.5 Å². The molecule has 2 heterocycles. The highest BCUT2D eigenvalue weighted by molar-refractivity contribution is 9.10. The van der Waals surface area contributed by atoms with E-state index in [9.17, 15) is 4.79 Å². The summed E-state index contributed by atoms with van der Waals surface area (Å²) < 4.78 is 2.77. The summed E-state index contributed by atoms with van der Waals surface area (Å²) in [4.78, 5) is 21.1. The fraction of sp³-hybridized carbons (Fsp3) is 0.182. The van der Waals surface area contributed by atoms with Crippen molar-refractivity contribution < 1.29 is 4.79 Å². The molecule has 2 aromatic heterocycles. The molecule has 0 aliphatic carbocycles. The van der Waals surface area contributed by atoms with Crippen molar-refractivity contribution in [2.24, 2.45) is 0 Å². The smallest absolute Gasteiger partial charge is 0.234 e. The van der Waals surface area contributed by atoms with E-state index in [1.165, 1.54) is 23.7 Å². The molecule has 6 nitrogen and oxygen atoms in total. The number of anilines is 1. The molecule has 1 amide bonds. The third-order valence-corrected chi connectivity index (χ3v) is 6.14. The molecule has 0 saturated carbocycles. The van der Waals surface area contributed by atoms with Crippen LogP contribution in [0.5, 0.6) is 0 Å². The number of aromatic nitrogens is 4. The lowest BCUT2D eigenvalue weighted by molar-refractivity contribution is -0.113. The number of carbonyl (C=O) groups excluding carboxylic acids is 1. The lowest BCUT2D eigenvalue weighted by Gasteiger charge is -2.08. The van der Waals surface area contributed by atoms with Gasteiger partial charge >= 0.3 is 0 Å². The molecular formula is C22H20BrN5OS. The van der Waals surface area contributed by atoms with Gasteiger partial charge in [0.25, 0.3) is 0 Å². The number of rotatable bonds is 6. The van der Waals surface area contributed by atoms with Crippen molar-refractivity contribution in [3.63, 3.8) is 0 Å². The molecule has 8 heteroatoms. The average Bonchev–Trinajstić information content (AvgIpc) is 3.18. The number of carbonyl (C=O) groups is 1. The summed E-state index contributed by atoms with van der Waals surface area (Å²) in [5.41, 5.74) is 3.65. The van der Waals surface area contributed by atoms with E-state index in [0.717, 1.165) is 26.3 Å². The van der Waals surface area contributed by atoms with Crippen LogP contribution in [0.15, 0.2) is 70.6 Å². The minimum absolute atomic E-state index is 0.0793. The molecule has 1 N–H and O–H groups in total. The molecule has 0 unspecified atom stereocenters. The van der Waals surface area contributed by atoms with Crippen molar-refractivity contribution in [1.82, 2.24) is 19.7 Å². The van der Waals surface area contributed by atoms with E-state index in [2.05, 4.69) is 50.2 Å². The lowest BCUT2D eigenvalue weighted by atomic mass is 10.0. The third-order valence-electron chi connectivity index (χ3n) is 4.60. The van der Waals surface area contributed by atoms with Crippen molar-refractivity contribution in [3.05, 3.63) is 71.1 Å². The average molecular weight is 482 g/mol. The minimum atomic E-state index is -0.0793. The van der Waals surface area contributed by atoms with E-state index >= 15 is 0 Å². The Morgan fingerprint density at radius 2 is 1.83 bits per heavy atom. The van der Waals surface area contributed by atoms with Crippen LogP contribution in [0.1, 0.15) is 25.3 Å². The van der Waals surface area contributed by atoms with E-state index in [0.29, 0.717) is 11.6 Å². The van der Waals surface area contributed by atoms with Gasteiger partial charge in [0.2, 0.25) is 5.91 Å². The second kappa shape index (κ2) is 8.97. The Bertz CT molecular complexity index is 1170. The van der Waals surface area contributed by atoms with Crippen LogP contribution >= 0.6 is 27.7 Å². The highest BCUT2D eigenvalue weighted by atomic mass is 79.9. The number of thioether (sulfide) groups is 1. The fourth-order valence-corrected chi connectivity index (χ4v) is 4.02. The van der Waals surface area contributed by atoms with Crippen LogP contribution in [-0.4, -0.2) is 31.4 Å². The quantitative estimate of drug-likeness (QED) is 0.293. The number of nitrogens with zero attached hydrogens (tertiary/aromatic N) is 4. The Balaban J connectivity index is 1.46. The first kappa shape index (κ1) is 20.6. The summed E-state index contributed by atoms with van der Waals surface area (Å²) in [6.45, 7) is 4.29. The van der Waals surface area contributed by atoms with Crippen LogP contribution in [-0.2, 0) is 4.79 Å². The summed E-state index contributed by atoms with van der Waals surface area (Å²) >= 11 is 4.81. The van der Waals surface area contributed by atoms with Crippen LogP contribution in [0.2, 0.25) is 0 Å². The predicted molar refractivity (Wildman–Crippen MR) is 124 cm³/mol. The monoisotopic (exact) mass is 481 g/mol. The molecule has 0 aliphatic heterocycles. The first-order chi connectivity index (χ1) is 14.5. The highest BCUT2D eigenvalue weighted by Crippen LogP contribution is 2.26. The van der Waals surface area contributed by atoms with Gasteiger partial charge in [-0.1, -0.05) is 53.7 Å². The maximum Gasteiger partial charge on any atom is 0.234 e. The van der Waals surface area contributed by atoms with Crippen molar-refractivity contribution in [3.8, 4) is 5.69 Å². The second-order valence-electron chi connectivity index (χ2n) is 7.06. The van der Waals surface area contributed by atoms with E-state index < -0.39 is 0 Å². The summed E-state index contributed by atoms with van der Waals surface area (Å²) in [6.07, 6.45) is 3.24. The van der Waals surface area contributed by atoms with Crippen LogP contribution in [0.3, 0.4) is 0 Å². The first-order valence-corrected chi connectivity index (χ1v) is 11.3. The van der Waals surface area contributed by atoms with Gasteiger partial charge in [-0.25, -0.2) is 14.6 Å². The van der Waals surface area contributed by atoms with Gasteiger partial charge in [0.05, 0.1) is 23.0 Å². The largest absolute Gasteiger partial charge is 0.325 e. The Morgan fingerprint density at radius 3 is 2.53 bits per heavy atom. The summed E-state index contributed by atoms with van der Waals surface area (Å²) in [5, 5.41) is 8.94. The Kier molecular flexibility index (Phi) is 6.15. The van der Waals surface area contributed by atoms with Crippen molar-refractivity contribution in [2.45, 2.75) is 24.8 Å². The molecule has 4 rings (SSSR count). The zero-order valence-corrected chi connectivity index (χ0v) is 18.9. The molecule has 0 fully saturated rings. The van der Waals surface area contributed by atoms with Gasteiger partial charge in [-0.15, -0.1) is 0 Å². The van der Waals surface area contributed by atoms with Gasteiger partial charge in [0.15, 0.2) is 5.65 Å². The van der Waals surface area contributed by atoms with Gasteiger partial charge in [-0.2, -0.15) is 5.10 Å². The number of amides is 1. The molecule has 30 heavy (non-hydrogen) atoms. The minimum Gasteiger partial charge on any atom is -0.325 e. The van der Waals surface area contributed by atoms with Gasteiger partial charge in [0, 0.05) is 10.2 Å². The van der Waals surface area contributed by atoms with Gasteiger partial charge in [0.1, 0.15) is 11.4 Å². The molecule has 152 valence electrons. The summed E-state index contributed by atoms with van der Waals surface area (Å²) in [7, 11) is 0. The second-order valence-corrected chi connectivity index (χ2v) is 8.94. The number of nitrogens with one attached hydrogen (secondary N) is 1. The van der Waals surface area contributed by atoms with Crippen LogP contribution in [0, 0.1) is 0 Å². The van der Waals surface area contributed by atoms with Crippen molar-refractivity contribution in [2.75, 3.05) is 11.1 Å². The van der Waals surface area contributed by atoms with Crippen molar-refractivity contribution >= 4 is 50.3 Å². The Morgan fingerprint density at radius 1 is 1.10 bits per heavy atom. The van der Waals surface area contributed by atoms with Crippen LogP contribution in [0.25, 0.3) is 16.7 Å². The maximum absolute atomic E-state index is 12.4. The molecular weight excluding hydrogens is 462 g/mol. The van der Waals surface area contributed by atoms with Crippen LogP contribution in [0.4, 0.5) is 5.69 Å². The number of benzene rings is 2. The SMILES string of the molecule is CC(C)c1ccc(NC(=O)CSc2ncnc3c2cnn3-c2ccc(Br)cc2)cc1. The molecule has 0 radical (unpaired) electrons. The van der Waals surface area contributed by atoms with E-state index in [-0.39, 0.29) is 11.7 Å².